The summed E-state index contributed by atoms with van der Waals surface area (Å²) in [7, 11) is 0. The third-order valence-electron chi connectivity index (χ3n) is 4.50. The molecule has 0 amide bonds. The van der Waals surface area contributed by atoms with Crippen LogP contribution in [-0.4, -0.2) is 42.8 Å². The van der Waals surface area contributed by atoms with Crippen LogP contribution in [0.25, 0.3) is 0 Å². The molecule has 1 fully saturated rings. The van der Waals surface area contributed by atoms with Crippen molar-refractivity contribution in [2.24, 2.45) is 15.9 Å². The van der Waals surface area contributed by atoms with Crippen molar-refractivity contribution in [3.63, 3.8) is 0 Å². The van der Waals surface area contributed by atoms with Gasteiger partial charge >= 0.3 is 0 Å². The second-order valence-corrected chi connectivity index (χ2v) is 7.10. The zero-order valence-corrected chi connectivity index (χ0v) is 15.7. The lowest BCUT2D eigenvalue weighted by Crippen LogP contribution is -2.35. The molecule has 1 unspecified atom stereocenters. The Balaban J connectivity index is 1.71. The summed E-state index contributed by atoms with van der Waals surface area (Å²) in [5.74, 6) is 1.78. The van der Waals surface area contributed by atoms with E-state index in [1.54, 1.807) is 0 Å². The number of hydrogen-bond donors (Lipinski definition) is 1. The number of nitrogens with one attached hydrogen (secondary N) is 1. The van der Waals surface area contributed by atoms with Gasteiger partial charge in [0.1, 0.15) is 0 Å². The molecular formula is C20H32N4. The highest BCUT2D eigenvalue weighted by Gasteiger charge is 2.15. The van der Waals surface area contributed by atoms with E-state index in [2.05, 4.69) is 60.2 Å². The Morgan fingerprint density at radius 1 is 1.21 bits per heavy atom. The molecule has 1 aromatic carbocycles. The smallest absolute Gasteiger partial charge is 0.0938 e. The molecule has 0 aromatic heterocycles. The number of likely N-dealkylation sites (tertiary alicyclic amines) is 1. The molecule has 0 saturated carbocycles. The molecule has 0 bridgehead atoms. The van der Waals surface area contributed by atoms with Gasteiger partial charge in [-0.2, -0.15) is 0 Å². The molecule has 132 valence electrons. The molecule has 1 heterocycles. The molecule has 0 aliphatic carbocycles. The Morgan fingerprint density at radius 3 is 2.67 bits per heavy atom. The standard InChI is InChI=1S/C20H32N4/c1-16-7-9-20(10-8-16)13-22-19(4)21-12-18(3)23-15-24-11-5-6-17(2)14-24/h7-10,17H,5-6,11-15H2,1-4H3,(H,21,22). The summed E-state index contributed by atoms with van der Waals surface area (Å²) in [6, 6.07) is 8.54. The summed E-state index contributed by atoms with van der Waals surface area (Å²) >= 11 is 0. The Morgan fingerprint density at radius 2 is 1.96 bits per heavy atom. The van der Waals surface area contributed by atoms with Crippen molar-refractivity contribution >= 4 is 11.5 Å². The van der Waals surface area contributed by atoms with Crippen molar-refractivity contribution in [3.05, 3.63) is 35.4 Å². The topological polar surface area (TPSA) is 40.0 Å². The lowest BCUT2D eigenvalue weighted by molar-refractivity contribution is 0.189. The van der Waals surface area contributed by atoms with Gasteiger partial charge < -0.3 is 5.32 Å². The number of hydrogen-bond acceptors (Lipinski definition) is 3. The SMILES string of the molecule is CC(CNC(C)=NCc1ccc(C)cc1)=NCN1CCCC(C)C1. The first-order chi connectivity index (χ1) is 11.5. The molecular weight excluding hydrogens is 296 g/mol. The minimum absolute atomic E-state index is 0.723. The second kappa shape index (κ2) is 9.58. The van der Waals surface area contributed by atoms with E-state index in [1.807, 2.05) is 6.92 Å². The number of aliphatic imine (C=N–C) groups is 2. The highest BCUT2D eigenvalue weighted by atomic mass is 15.2. The Kier molecular flexibility index (Phi) is 7.44. The summed E-state index contributed by atoms with van der Waals surface area (Å²) in [4.78, 5) is 11.8. The van der Waals surface area contributed by atoms with E-state index in [0.29, 0.717) is 0 Å². The fraction of sp³-hybridized carbons (Fsp3) is 0.600. The van der Waals surface area contributed by atoms with E-state index < -0.39 is 0 Å². The zero-order chi connectivity index (χ0) is 17.4. The van der Waals surface area contributed by atoms with Crippen LogP contribution >= 0.6 is 0 Å². The van der Waals surface area contributed by atoms with Gasteiger partial charge in [0.2, 0.25) is 0 Å². The maximum Gasteiger partial charge on any atom is 0.0938 e. The highest BCUT2D eigenvalue weighted by Crippen LogP contribution is 2.14. The summed E-state index contributed by atoms with van der Waals surface area (Å²) in [6.07, 6.45) is 2.66. The quantitative estimate of drug-likeness (QED) is 0.639. The lowest BCUT2D eigenvalue weighted by atomic mass is 10.0. The van der Waals surface area contributed by atoms with Crippen LogP contribution in [0.1, 0.15) is 44.7 Å². The van der Waals surface area contributed by atoms with Gasteiger partial charge in [-0.3, -0.25) is 14.9 Å². The monoisotopic (exact) mass is 328 g/mol. The van der Waals surface area contributed by atoms with Crippen molar-refractivity contribution in [1.82, 2.24) is 10.2 Å². The summed E-state index contributed by atoms with van der Waals surface area (Å²) < 4.78 is 0. The van der Waals surface area contributed by atoms with Gasteiger partial charge in [0.15, 0.2) is 0 Å². The van der Waals surface area contributed by atoms with Crippen molar-refractivity contribution < 1.29 is 0 Å². The summed E-state index contributed by atoms with van der Waals surface area (Å²) in [5.41, 5.74) is 3.66. The lowest BCUT2D eigenvalue weighted by Gasteiger charge is -2.29. The molecule has 1 aromatic rings. The van der Waals surface area contributed by atoms with Crippen LogP contribution in [0.3, 0.4) is 0 Å². The van der Waals surface area contributed by atoms with Crippen LogP contribution in [0.2, 0.25) is 0 Å². The molecule has 4 heteroatoms. The molecule has 1 aliphatic rings. The number of amidine groups is 1. The Bertz CT molecular complexity index is 560. The predicted molar refractivity (Wildman–Crippen MR) is 104 cm³/mol. The maximum absolute atomic E-state index is 4.71. The maximum atomic E-state index is 4.71. The number of benzene rings is 1. The largest absolute Gasteiger partial charge is 0.369 e. The van der Waals surface area contributed by atoms with E-state index in [9.17, 15) is 0 Å². The van der Waals surface area contributed by atoms with Crippen molar-refractivity contribution in [2.45, 2.75) is 47.1 Å². The van der Waals surface area contributed by atoms with Gasteiger partial charge in [-0.1, -0.05) is 36.8 Å². The van der Waals surface area contributed by atoms with Crippen LogP contribution in [0.4, 0.5) is 0 Å². The van der Waals surface area contributed by atoms with Crippen molar-refractivity contribution in [1.29, 1.82) is 0 Å². The van der Waals surface area contributed by atoms with Gasteiger partial charge in [0, 0.05) is 12.3 Å². The average molecular weight is 329 g/mol. The summed E-state index contributed by atoms with van der Waals surface area (Å²) in [6.45, 7) is 13.2. The third-order valence-corrected chi connectivity index (χ3v) is 4.50. The minimum atomic E-state index is 0.723. The first-order valence-corrected chi connectivity index (χ1v) is 9.05. The molecule has 2 rings (SSSR count). The summed E-state index contributed by atoms with van der Waals surface area (Å²) in [5, 5.41) is 3.36. The van der Waals surface area contributed by atoms with Gasteiger partial charge in [-0.05, 0) is 51.6 Å². The first kappa shape index (κ1) is 18.7. The number of piperidine rings is 1. The van der Waals surface area contributed by atoms with Crippen LogP contribution in [0, 0.1) is 12.8 Å². The van der Waals surface area contributed by atoms with E-state index in [0.717, 1.165) is 37.2 Å². The number of nitrogens with zero attached hydrogens (tertiary/aromatic N) is 3. The van der Waals surface area contributed by atoms with Crippen molar-refractivity contribution in [2.75, 3.05) is 26.3 Å². The van der Waals surface area contributed by atoms with E-state index in [4.69, 9.17) is 4.99 Å². The van der Waals surface area contributed by atoms with Gasteiger partial charge in [-0.15, -0.1) is 0 Å². The fourth-order valence-corrected chi connectivity index (χ4v) is 2.91. The molecule has 1 N–H and O–H groups in total. The number of aryl methyl sites for hydroxylation is 1. The van der Waals surface area contributed by atoms with Gasteiger partial charge in [0.05, 0.1) is 25.6 Å². The molecule has 1 saturated heterocycles. The Labute approximate surface area is 147 Å². The normalized spacial score (nSPS) is 20.2. The van der Waals surface area contributed by atoms with Gasteiger partial charge in [-0.25, -0.2) is 0 Å². The number of rotatable bonds is 6. The zero-order valence-electron chi connectivity index (χ0n) is 15.7. The van der Waals surface area contributed by atoms with Crippen LogP contribution in [0.15, 0.2) is 34.3 Å². The molecule has 24 heavy (non-hydrogen) atoms. The van der Waals surface area contributed by atoms with E-state index >= 15 is 0 Å². The predicted octanol–water partition coefficient (Wildman–Crippen LogP) is 3.65. The molecule has 0 spiro atoms. The molecule has 0 radical (unpaired) electrons. The van der Waals surface area contributed by atoms with Gasteiger partial charge in [0.25, 0.3) is 0 Å². The highest BCUT2D eigenvalue weighted by molar-refractivity contribution is 5.89. The molecule has 4 nitrogen and oxygen atoms in total. The van der Waals surface area contributed by atoms with E-state index in [-0.39, 0.29) is 0 Å². The fourth-order valence-electron chi connectivity index (χ4n) is 2.91. The third kappa shape index (κ3) is 6.83. The second-order valence-electron chi connectivity index (χ2n) is 7.10. The first-order valence-electron chi connectivity index (χ1n) is 9.05. The van der Waals surface area contributed by atoms with Crippen LogP contribution < -0.4 is 5.32 Å². The minimum Gasteiger partial charge on any atom is -0.369 e. The van der Waals surface area contributed by atoms with Crippen LogP contribution in [-0.2, 0) is 6.54 Å². The molecule has 1 aliphatic heterocycles. The average Bonchev–Trinajstić information content (AvgIpc) is 2.57. The molecule has 1 atom stereocenters. The van der Waals surface area contributed by atoms with Crippen LogP contribution in [0.5, 0.6) is 0 Å². The Hall–Kier alpha value is -1.68. The van der Waals surface area contributed by atoms with E-state index in [1.165, 1.54) is 37.1 Å². The van der Waals surface area contributed by atoms with Crippen molar-refractivity contribution in [3.8, 4) is 0 Å².